The van der Waals surface area contributed by atoms with Gasteiger partial charge in [0.1, 0.15) is 0 Å². The molecule has 1 fully saturated rings. The van der Waals surface area contributed by atoms with E-state index in [1.165, 1.54) is 0 Å². The Labute approximate surface area is 166 Å². The van der Waals surface area contributed by atoms with Crippen molar-refractivity contribution in [2.75, 3.05) is 19.8 Å². The van der Waals surface area contributed by atoms with Crippen LogP contribution in [0, 0.1) is 0 Å². The van der Waals surface area contributed by atoms with Crippen molar-refractivity contribution in [1.82, 2.24) is 15.5 Å². The summed E-state index contributed by atoms with van der Waals surface area (Å²) in [4.78, 5) is 26.8. The number of fused-ring (bicyclic) bond motifs is 1. The van der Waals surface area contributed by atoms with Crippen molar-refractivity contribution in [1.29, 1.82) is 0 Å². The van der Waals surface area contributed by atoms with E-state index in [4.69, 9.17) is 9.47 Å². The second kappa shape index (κ2) is 8.39. The number of urea groups is 1. The minimum absolute atomic E-state index is 0.114. The highest BCUT2D eigenvalue weighted by atomic mass is 16.5. The Morgan fingerprint density at radius 3 is 2.57 bits per heavy atom. The van der Waals surface area contributed by atoms with Crippen LogP contribution in [-0.2, 0) is 4.79 Å². The summed E-state index contributed by atoms with van der Waals surface area (Å²) in [5.74, 6) is 1.25. The van der Waals surface area contributed by atoms with Crippen LogP contribution in [0.25, 0.3) is 0 Å². The molecule has 154 valence electrons. The van der Waals surface area contributed by atoms with Gasteiger partial charge in [-0.25, -0.2) is 4.79 Å². The van der Waals surface area contributed by atoms with Crippen molar-refractivity contribution in [3.63, 3.8) is 0 Å². The van der Waals surface area contributed by atoms with Gasteiger partial charge in [-0.2, -0.15) is 0 Å². The lowest BCUT2D eigenvalue weighted by molar-refractivity contribution is -0.125. The second-order valence-electron chi connectivity index (χ2n) is 8.52. The molecule has 1 aromatic rings. The van der Waals surface area contributed by atoms with Gasteiger partial charge in [0.05, 0.1) is 19.3 Å². The lowest BCUT2D eigenvalue weighted by atomic mass is 10.0. The van der Waals surface area contributed by atoms with E-state index in [2.05, 4.69) is 15.5 Å². The maximum absolute atomic E-state index is 12.6. The van der Waals surface area contributed by atoms with Gasteiger partial charge in [-0.05, 0) is 64.8 Å². The summed E-state index contributed by atoms with van der Waals surface area (Å²) >= 11 is 0. The Kier molecular flexibility index (Phi) is 6.13. The smallest absolute Gasteiger partial charge is 0.321 e. The number of hydrogen-bond donors (Lipinski definition) is 2. The molecular weight excluding hydrogens is 358 g/mol. The average molecular weight is 389 g/mol. The Morgan fingerprint density at radius 2 is 1.86 bits per heavy atom. The van der Waals surface area contributed by atoms with E-state index in [9.17, 15) is 9.59 Å². The third-order valence-electron chi connectivity index (χ3n) is 5.05. The number of carbonyl (C=O) groups is 2. The quantitative estimate of drug-likeness (QED) is 0.831. The molecule has 1 aromatic carbocycles. The van der Waals surface area contributed by atoms with Gasteiger partial charge in [0.25, 0.3) is 0 Å². The number of nitrogens with one attached hydrogen (secondary N) is 2. The summed E-state index contributed by atoms with van der Waals surface area (Å²) in [6.45, 7) is 9.60. The van der Waals surface area contributed by atoms with Crippen molar-refractivity contribution >= 4 is 11.9 Å². The molecule has 2 atom stereocenters. The molecule has 7 nitrogen and oxygen atoms in total. The van der Waals surface area contributed by atoms with E-state index < -0.39 is 17.6 Å². The number of ether oxygens (including phenoxy) is 2. The SMILES string of the molecule is CC(C(=O)NC(=O)NC(C)(C)C)N1CCCC1c1ccc2c(c1)OCCCO2. The Hall–Kier alpha value is -2.28. The highest BCUT2D eigenvalue weighted by Gasteiger charge is 2.34. The molecule has 1 saturated heterocycles. The standard InChI is InChI=1S/C21H31N3O4/c1-14(19(25)22-20(26)23-21(2,3)4)24-10-5-7-16(24)15-8-9-17-18(13-15)28-12-6-11-27-17/h8-9,13-14,16H,5-7,10-12H2,1-4H3,(H2,22,23,25,26). The molecule has 3 rings (SSSR count). The lowest BCUT2D eigenvalue weighted by Gasteiger charge is -2.30. The highest BCUT2D eigenvalue weighted by molar-refractivity contribution is 5.97. The van der Waals surface area contributed by atoms with Crippen molar-refractivity contribution in [2.45, 2.75) is 64.6 Å². The molecule has 7 heteroatoms. The van der Waals surface area contributed by atoms with Gasteiger partial charge >= 0.3 is 6.03 Å². The zero-order valence-corrected chi connectivity index (χ0v) is 17.2. The molecule has 2 N–H and O–H groups in total. The van der Waals surface area contributed by atoms with E-state index in [1.54, 1.807) is 0 Å². The first-order valence-electron chi connectivity index (χ1n) is 10.0. The Bertz CT molecular complexity index is 729. The molecule has 0 bridgehead atoms. The summed E-state index contributed by atoms with van der Waals surface area (Å²) in [6, 6.07) is 5.27. The number of likely N-dealkylation sites (tertiary alicyclic amines) is 1. The number of rotatable bonds is 3. The number of benzene rings is 1. The molecule has 0 saturated carbocycles. The van der Waals surface area contributed by atoms with Crippen LogP contribution in [0.3, 0.4) is 0 Å². The van der Waals surface area contributed by atoms with Crippen LogP contribution in [0.4, 0.5) is 4.79 Å². The normalized spacial score (nSPS) is 20.9. The molecule has 0 radical (unpaired) electrons. The fourth-order valence-corrected chi connectivity index (χ4v) is 3.74. The predicted octanol–water partition coefficient (Wildman–Crippen LogP) is 3.00. The van der Waals surface area contributed by atoms with Gasteiger partial charge < -0.3 is 14.8 Å². The molecular formula is C21H31N3O4. The van der Waals surface area contributed by atoms with E-state index in [1.807, 2.05) is 45.9 Å². The third kappa shape index (κ3) is 4.95. The monoisotopic (exact) mass is 389 g/mol. The van der Waals surface area contributed by atoms with Crippen LogP contribution < -0.4 is 20.1 Å². The summed E-state index contributed by atoms with van der Waals surface area (Å²) in [5.41, 5.74) is 0.716. The van der Waals surface area contributed by atoms with E-state index >= 15 is 0 Å². The van der Waals surface area contributed by atoms with Gasteiger partial charge in [-0.1, -0.05) is 6.07 Å². The second-order valence-corrected chi connectivity index (χ2v) is 8.52. The molecule has 0 spiro atoms. The van der Waals surface area contributed by atoms with Crippen molar-refractivity contribution < 1.29 is 19.1 Å². The number of carbonyl (C=O) groups excluding carboxylic acids is 2. The minimum Gasteiger partial charge on any atom is -0.490 e. The summed E-state index contributed by atoms with van der Waals surface area (Å²) in [6.07, 6.45) is 2.84. The first-order valence-corrected chi connectivity index (χ1v) is 10.0. The molecule has 2 heterocycles. The zero-order valence-electron chi connectivity index (χ0n) is 17.2. The molecule has 0 aliphatic carbocycles. The number of nitrogens with zero attached hydrogens (tertiary/aromatic N) is 1. The maximum atomic E-state index is 12.6. The largest absolute Gasteiger partial charge is 0.490 e. The van der Waals surface area contributed by atoms with E-state index in [-0.39, 0.29) is 11.9 Å². The van der Waals surface area contributed by atoms with Crippen LogP contribution in [0.2, 0.25) is 0 Å². The Morgan fingerprint density at radius 1 is 1.14 bits per heavy atom. The maximum Gasteiger partial charge on any atom is 0.321 e. The van der Waals surface area contributed by atoms with Crippen molar-refractivity contribution in [3.05, 3.63) is 23.8 Å². The predicted molar refractivity (Wildman–Crippen MR) is 107 cm³/mol. The van der Waals surface area contributed by atoms with Gasteiger partial charge in [0.2, 0.25) is 5.91 Å². The summed E-state index contributed by atoms with van der Waals surface area (Å²) in [7, 11) is 0. The Balaban J connectivity index is 1.69. The highest BCUT2D eigenvalue weighted by Crippen LogP contribution is 2.38. The van der Waals surface area contributed by atoms with Crippen LogP contribution in [-0.4, -0.2) is 48.2 Å². The topological polar surface area (TPSA) is 79.9 Å². The number of hydrogen-bond acceptors (Lipinski definition) is 5. The average Bonchev–Trinajstić information content (AvgIpc) is 2.97. The molecule has 28 heavy (non-hydrogen) atoms. The number of imide groups is 1. The van der Waals surface area contributed by atoms with Gasteiger partial charge in [0.15, 0.2) is 11.5 Å². The van der Waals surface area contributed by atoms with Gasteiger partial charge in [-0.3, -0.25) is 15.0 Å². The molecule has 0 aromatic heterocycles. The van der Waals surface area contributed by atoms with Crippen LogP contribution >= 0.6 is 0 Å². The fourth-order valence-electron chi connectivity index (χ4n) is 3.74. The van der Waals surface area contributed by atoms with E-state index in [0.29, 0.717) is 13.2 Å². The molecule has 2 aliphatic rings. The molecule has 2 unspecified atom stereocenters. The van der Waals surface area contributed by atoms with Crippen LogP contribution in [0.15, 0.2) is 18.2 Å². The van der Waals surface area contributed by atoms with Crippen LogP contribution in [0.5, 0.6) is 11.5 Å². The van der Waals surface area contributed by atoms with Crippen molar-refractivity contribution in [3.8, 4) is 11.5 Å². The molecule has 2 aliphatic heterocycles. The number of amides is 3. The van der Waals surface area contributed by atoms with Gasteiger partial charge in [0, 0.05) is 18.0 Å². The van der Waals surface area contributed by atoms with E-state index in [0.717, 1.165) is 42.9 Å². The third-order valence-corrected chi connectivity index (χ3v) is 5.05. The van der Waals surface area contributed by atoms with Crippen molar-refractivity contribution in [2.24, 2.45) is 0 Å². The summed E-state index contributed by atoms with van der Waals surface area (Å²) in [5, 5.41) is 5.23. The van der Waals surface area contributed by atoms with Crippen LogP contribution in [0.1, 0.15) is 58.6 Å². The zero-order chi connectivity index (χ0) is 20.3. The first kappa shape index (κ1) is 20.5. The summed E-state index contributed by atoms with van der Waals surface area (Å²) < 4.78 is 11.5. The molecule has 3 amide bonds. The lowest BCUT2D eigenvalue weighted by Crippen LogP contribution is -2.53. The first-order chi connectivity index (χ1) is 13.2. The van der Waals surface area contributed by atoms with Gasteiger partial charge in [-0.15, -0.1) is 0 Å². The fraction of sp³-hybridized carbons (Fsp3) is 0.619. The minimum atomic E-state index is -0.462.